The van der Waals surface area contributed by atoms with Crippen molar-refractivity contribution in [3.05, 3.63) is 36.1 Å². The molecule has 11 nitrogen and oxygen atoms in total. The number of piperidine rings is 1. The first-order chi connectivity index (χ1) is 15.5. The molecule has 32 heavy (non-hydrogen) atoms. The summed E-state index contributed by atoms with van der Waals surface area (Å²) in [6.45, 7) is 7.45. The van der Waals surface area contributed by atoms with Crippen LogP contribution in [0.5, 0.6) is 0 Å². The molecule has 2 fully saturated rings. The van der Waals surface area contributed by atoms with Crippen molar-refractivity contribution in [3.63, 3.8) is 0 Å². The standard InChI is InChI=1S/C21H27N9O2/c1-13(2)19-25-21(32-27-19)28-8-6-16(7-9-28)30(15-4-5-15)20(31)17-10-23-18(11-22-17)29-12-24-14(3)26-29/h10-13,15-16H,4-9H2,1-3H3. The van der Waals surface area contributed by atoms with Gasteiger partial charge in [0.15, 0.2) is 11.6 Å². The SMILES string of the molecule is Cc1ncn(-c2cnc(C(=O)N(C3CC3)C3CCN(c4nc(C(C)C)no4)CC3)cn2)n1. The lowest BCUT2D eigenvalue weighted by molar-refractivity contribution is 0.0622. The van der Waals surface area contributed by atoms with Crippen molar-refractivity contribution < 1.29 is 9.32 Å². The van der Waals surface area contributed by atoms with Crippen LogP contribution in [-0.4, -0.2) is 70.9 Å². The average molecular weight is 438 g/mol. The lowest BCUT2D eigenvalue weighted by Crippen LogP contribution is -2.48. The molecule has 1 amide bonds. The van der Waals surface area contributed by atoms with Gasteiger partial charge in [0, 0.05) is 31.1 Å². The van der Waals surface area contributed by atoms with Gasteiger partial charge in [0.2, 0.25) is 0 Å². The fraction of sp³-hybridized carbons (Fsp3) is 0.571. The molecular weight excluding hydrogens is 410 g/mol. The summed E-state index contributed by atoms with van der Waals surface area (Å²) in [6, 6.07) is 1.02. The van der Waals surface area contributed by atoms with Crippen molar-refractivity contribution in [3.8, 4) is 5.82 Å². The summed E-state index contributed by atoms with van der Waals surface area (Å²) < 4.78 is 6.99. The number of hydrogen-bond acceptors (Lipinski definition) is 9. The van der Waals surface area contributed by atoms with Crippen molar-refractivity contribution in [2.45, 2.75) is 64.5 Å². The topological polar surface area (TPSA) is 119 Å². The van der Waals surface area contributed by atoms with E-state index in [-0.39, 0.29) is 23.9 Å². The lowest BCUT2D eigenvalue weighted by atomic mass is 10.0. The molecule has 4 heterocycles. The van der Waals surface area contributed by atoms with Gasteiger partial charge in [0.25, 0.3) is 5.91 Å². The molecular formula is C21H27N9O2. The fourth-order valence-electron chi connectivity index (χ4n) is 4.05. The molecule has 0 N–H and O–H groups in total. The zero-order valence-electron chi connectivity index (χ0n) is 18.5. The van der Waals surface area contributed by atoms with E-state index in [0.29, 0.717) is 23.4 Å². The zero-order chi connectivity index (χ0) is 22.2. The molecule has 1 aliphatic heterocycles. The molecule has 0 bridgehead atoms. The van der Waals surface area contributed by atoms with Gasteiger partial charge in [-0.2, -0.15) is 10.1 Å². The second kappa shape index (κ2) is 8.29. The molecule has 0 unspecified atom stereocenters. The first-order valence-electron chi connectivity index (χ1n) is 11.1. The highest BCUT2D eigenvalue weighted by Crippen LogP contribution is 2.33. The summed E-state index contributed by atoms with van der Waals surface area (Å²) in [5.74, 6) is 2.08. The molecule has 2 aliphatic rings. The average Bonchev–Trinajstić information content (AvgIpc) is 3.32. The molecule has 5 rings (SSSR count). The lowest BCUT2D eigenvalue weighted by Gasteiger charge is -2.38. The van der Waals surface area contributed by atoms with Gasteiger partial charge in [0.1, 0.15) is 17.8 Å². The summed E-state index contributed by atoms with van der Waals surface area (Å²) in [6.07, 6.45) is 8.46. The smallest absolute Gasteiger partial charge is 0.324 e. The highest BCUT2D eigenvalue weighted by Gasteiger charge is 2.40. The van der Waals surface area contributed by atoms with Crippen LogP contribution >= 0.6 is 0 Å². The number of nitrogens with zero attached hydrogens (tertiary/aromatic N) is 9. The van der Waals surface area contributed by atoms with E-state index in [9.17, 15) is 4.79 Å². The van der Waals surface area contributed by atoms with Crippen molar-refractivity contribution in [2.75, 3.05) is 18.0 Å². The van der Waals surface area contributed by atoms with Gasteiger partial charge in [-0.1, -0.05) is 19.0 Å². The predicted octanol–water partition coefficient (Wildman–Crippen LogP) is 2.15. The number of rotatable bonds is 6. The Balaban J connectivity index is 1.26. The van der Waals surface area contributed by atoms with Gasteiger partial charge in [-0.3, -0.25) is 4.79 Å². The monoisotopic (exact) mass is 437 g/mol. The van der Waals surface area contributed by atoms with Crippen molar-refractivity contribution >= 4 is 11.9 Å². The Hall–Kier alpha value is -3.37. The first kappa shape index (κ1) is 20.5. The minimum Gasteiger partial charge on any atom is -0.331 e. The number of carbonyl (C=O) groups excluding carboxylic acids is 1. The summed E-state index contributed by atoms with van der Waals surface area (Å²) in [5, 5.41) is 8.29. The quantitative estimate of drug-likeness (QED) is 0.571. The van der Waals surface area contributed by atoms with E-state index < -0.39 is 0 Å². The van der Waals surface area contributed by atoms with Crippen LogP contribution in [0.2, 0.25) is 0 Å². The van der Waals surface area contributed by atoms with E-state index in [1.165, 1.54) is 6.20 Å². The molecule has 3 aromatic rings. The maximum Gasteiger partial charge on any atom is 0.324 e. The van der Waals surface area contributed by atoms with Crippen LogP contribution in [0.3, 0.4) is 0 Å². The molecule has 1 saturated carbocycles. The minimum atomic E-state index is -0.0559. The first-order valence-corrected chi connectivity index (χ1v) is 11.1. The van der Waals surface area contributed by atoms with Gasteiger partial charge < -0.3 is 14.3 Å². The highest BCUT2D eigenvalue weighted by atomic mass is 16.5. The van der Waals surface area contributed by atoms with Crippen LogP contribution in [-0.2, 0) is 0 Å². The number of amides is 1. The Labute approximate surface area is 185 Å². The fourth-order valence-corrected chi connectivity index (χ4v) is 4.05. The molecule has 0 atom stereocenters. The second-order valence-electron chi connectivity index (χ2n) is 8.75. The molecule has 0 aromatic carbocycles. The van der Waals surface area contributed by atoms with Crippen molar-refractivity contribution in [2.24, 2.45) is 0 Å². The summed E-state index contributed by atoms with van der Waals surface area (Å²) in [7, 11) is 0. The number of anilines is 1. The molecule has 168 valence electrons. The van der Waals surface area contributed by atoms with Crippen LogP contribution < -0.4 is 4.90 Å². The third kappa shape index (κ3) is 4.06. The van der Waals surface area contributed by atoms with Crippen molar-refractivity contribution in [1.29, 1.82) is 0 Å². The van der Waals surface area contributed by atoms with Crippen LogP contribution in [0, 0.1) is 6.92 Å². The van der Waals surface area contributed by atoms with Gasteiger partial charge in [-0.25, -0.2) is 19.6 Å². The normalized spacial score (nSPS) is 17.2. The zero-order valence-corrected chi connectivity index (χ0v) is 18.5. The van der Waals surface area contributed by atoms with E-state index in [4.69, 9.17) is 4.52 Å². The number of aryl methyl sites for hydroxylation is 1. The van der Waals surface area contributed by atoms with E-state index in [1.807, 2.05) is 25.7 Å². The summed E-state index contributed by atoms with van der Waals surface area (Å²) in [4.78, 5) is 34.8. The Morgan fingerprint density at radius 1 is 1.09 bits per heavy atom. The number of hydrogen-bond donors (Lipinski definition) is 0. The van der Waals surface area contributed by atoms with Crippen LogP contribution in [0.4, 0.5) is 6.01 Å². The molecule has 11 heteroatoms. The maximum atomic E-state index is 13.3. The summed E-state index contributed by atoms with van der Waals surface area (Å²) in [5.41, 5.74) is 0.360. The largest absolute Gasteiger partial charge is 0.331 e. The van der Waals surface area contributed by atoms with Crippen LogP contribution in [0.15, 0.2) is 23.2 Å². The van der Waals surface area contributed by atoms with Gasteiger partial charge >= 0.3 is 6.01 Å². The van der Waals surface area contributed by atoms with Crippen LogP contribution in [0.25, 0.3) is 5.82 Å². The maximum absolute atomic E-state index is 13.3. The molecule has 0 radical (unpaired) electrons. The second-order valence-corrected chi connectivity index (χ2v) is 8.75. The Bertz CT molecular complexity index is 1080. The van der Waals surface area contributed by atoms with Crippen LogP contribution in [0.1, 0.15) is 67.6 Å². The summed E-state index contributed by atoms with van der Waals surface area (Å²) >= 11 is 0. The third-order valence-electron chi connectivity index (χ3n) is 5.95. The van der Waals surface area contributed by atoms with E-state index in [2.05, 4.69) is 35.1 Å². The van der Waals surface area contributed by atoms with E-state index in [1.54, 1.807) is 17.2 Å². The van der Waals surface area contributed by atoms with E-state index >= 15 is 0 Å². The van der Waals surface area contributed by atoms with Gasteiger partial charge in [-0.05, 0) is 32.6 Å². The molecule has 0 spiro atoms. The predicted molar refractivity (Wildman–Crippen MR) is 114 cm³/mol. The van der Waals surface area contributed by atoms with Gasteiger partial charge in [0.05, 0.1) is 12.4 Å². The minimum absolute atomic E-state index is 0.0559. The molecule has 1 saturated heterocycles. The van der Waals surface area contributed by atoms with Gasteiger partial charge in [-0.15, -0.1) is 0 Å². The molecule has 1 aliphatic carbocycles. The van der Waals surface area contributed by atoms with E-state index in [0.717, 1.165) is 44.6 Å². The molecule has 3 aromatic heterocycles. The Morgan fingerprint density at radius 2 is 1.84 bits per heavy atom. The number of carbonyl (C=O) groups is 1. The highest BCUT2D eigenvalue weighted by molar-refractivity contribution is 5.92. The third-order valence-corrected chi connectivity index (χ3v) is 5.95. The number of aromatic nitrogens is 7. The Kier molecular flexibility index (Phi) is 5.32. The Morgan fingerprint density at radius 3 is 2.41 bits per heavy atom. The van der Waals surface area contributed by atoms with Crippen molar-refractivity contribution in [1.82, 2.24) is 39.8 Å².